The second kappa shape index (κ2) is 3.98. The first-order valence-corrected chi connectivity index (χ1v) is 9.10. The Morgan fingerprint density at radius 1 is 1.19 bits per heavy atom. The monoisotopic (exact) mass is 317 g/mol. The standard InChI is InChI=1S/C14H20FNO4S/c15-21(19,20)11-2-12(17)16(7-11)13-3-9-1-10(4-13)6-14(18,5-9)8-13/h9-11,18H,1-8H2. The highest BCUT2D eigenvalue weighted by Crippen LogP contribution is 2.60. The van der Waals surface area contributed by atoms with Gasteiger partial charge in [0.2, 0.25) is 5.91 Å². The molecule has 1 N–H and O–H groups in total. The maximum atomic E-state index is 13.2. The van der Waals surface area contributed by atoms with Crippen molar-refractivity contribution < 1.29 is 22.2 Å². The summed E-state index contributed by atoms with van der Waals surface area (Å²) in [6.07, 6.45) is 4.60. The van der Waals surface area contributed by atoms with Gasteiger partial charge in [0, 0.05) is 18.5 Å². The van der Waals surface area contributed by atoms with Gasteiger partial charge in [-0.2, -0.15) is 8.42 Å². The van der Waals surface area contributed by atoms with Crippen molar-refractivity contribution in [3.05, 3.63) is 0 Å². The molecule has 118 valence electrons. The number of hydrogen-bond donors (Lipinski definition) is 1. The van der Waals surface area contributed by atoms with Gasteiger partial charge in [-0.15, -0.1) is 3.89 Å². The van der Waals surface area contributed by atoms with Gasteiger partial charge in [-0.05, 0) is 50.4 Å². The molecule has 4 aliphatic carbocycles. The molecule has 0 spiro atoms. The molecule has 1 amide bonds. The van der Waals surface area contributed by atoms with Crippen molar-refractivity contribution in [1.29, 1.82) is 0 Å². The summed E-state index contributed by atoms with van der Waals surface area (Å²) in [4.78, 5) is 13.9. The van der Waals surface area contributed by atoms with Crippen molar-refractivity contribution in [1.82, 2.24) is 4.90 Å². The minimum atomic E-state index is -4.68. The van der Waals surface area contributed by atoms with E-state index in [1.54, 1.807) is 4.90 Å². The number of halogens is 1. The molecule has 0 aromatic carbocycles. The molecule has 1 saturated heterocycles. The van der Waals surface area contributed by atoms with Gasteiger partial charge >= 0.3 is 10.2 Å². The molecule has 7 heteroatoms. The maximum absolute atomic E-state index is 13.2. The molecule has 1 heterocycles. The maximum Gasteiger partial charge on any atom is 0.307 e. The Morgan fingerprint density at radius 3 is 2.29 bits per heavy atom. The summed E-state index contributed by atoms with van der Waals surface area (Å²) < 4.78 is 35.5. The van der Waals surface area contributed by atoms with Crippen LogP contribution in [0.15, 0.2) is 0 Å². The van der Waals surface area contributed by atoms with E-state index in [-0.39, 0.29) is 18.9 Å². The lowest BCUT2D eigenvalue weighted by molar-refractivity contribution is -0.179. The van der Waals surface area contributed by atoms with Gasteiger partial charge in [0.05, 0.1) is 5.60 Å². The Kier molecular flexibility index (Phi) is 2.64. The predicted octanol–water partition coefficient (Wildman–Crippen LogP) is 0.970. The smallest absolute Gasteiger partial charge is 0.307 e. The molecule has 3 atom stereocenters. The Hall–Kier alpha value is -0.690. The summed E-state index contributed by atoms with van der Waals surface area (Å²) in [6.45, 7) is -0.0484. The molecular formula is C14H20FNO4S. The molecule has 3 unspecified atom stereocenters. The van der Waals surface area contributed by atoms with E-state index >= 15 is 0 Å². The molecule has 0 aromatic heterocycles. The lowest BCUT2D eigenvalue weighted by atomic mass is 9.50. The Bertz CT molecular complexity index is 590. The molecule has 21 heavy (non-hydrogen) atoms. The topological polar surface area (TPSA) is 74.7 Å². The van der Waals surface area contributed by atoms with Gasteiger partial charge in [-0.3, -0.25) is 4.79 Å². The fourth-order valence-electron chi connectivity index (χ4n) is 5.80. The van der Waals surface area contributed by atoms with Crippen molar-refractivity contribution in [3.8, 4) is 0 Å². The van der Waals surface area contributed by atoms with Gasteiger partial charge in [-0.1, -0.05) is 0 Å². The van der Waals surface area contributed by atoms with Gasteiger partial charge in [0.1, 0.15) is 5.25 Å². The van der Waals surface area contributed by atoms with Gasteiger partial charge in [-0.25, -0.2) is 0 Å². The molecule has 5 rings (SSSR count). The van der Waals surface area contributed by atoms with Crippen LogP contribution in [0.5, 0.6) is 0 Å². The van der Waals surface area contributed by atoms with Crippen LogP contribution in [0.25, 0.3) is 0 Å². The first-order chi connectivity index (χ1) is 9.69. The van der Waals surface area contributed by atoms with Crippen LogP contribution >= 0.6 is 0 Å². The third kappa shape index (κ3) is 2.04. The van der Waals surface area contributed by atoms with Crippen LogP contribution in [0.2, 0.25) is 0 Å². The third-order valence-electron chi connectivity index (χ3n) is 6.06. The highest BCUT2D eigenvalue weighted by molar-refractivity contribution is 7.87. The Labute approximate surface area is 123 Å². The van der Waals surface area contributed by atoms with E-state index in [0.717, 1.165) is 32.1 Å². The molecule has 0 aromatic rings. The zero-order chi connectivity index (χ0) is 15.0. The minimum absolute atomic E-state index is 0.0484. The molecule has 5 aliphatic rings. The summed E-state index contributed by atoms with van der Waals surface area (Å²) >= 11 is 0. The van der Waals surface area contributed by atoms with E-state index in [4.69, 9.17) is 0 Å². The van der Waals surface area contributed by atoms with Crippen LogP contribution in [0.1, 0.15) is 44.9 Å². The van der Waals surface area contributed by atoms with Crippen LogP contribution in [0, 0.1) is 11.8 Å². The van der Waals surface area contributed by atoms with E-state index in [2.05, 4.69) is 0 Å². The van der Waals surface area contributed by atoms with Crippen molar-refractivity contribution in [2.24, 2.45) is 11.8 Å². The zero-order valence-corrected chi connectivity index (χ0v) is 12.6. The number of carbonyl (C=O) groups is 1. The highest BCUT2D eigenvalue weighted by Gasteiger charge is 2.61. The fourth-order valence-corrected chi connectivity index (χ4v) is 6.47. The molecular weight excluding hydrogens is 297 g/mol. The van der Waals surface area contributed by atoms with Crippen molar-refractivity contribution >= 4 is 16.1 Å². The zero-order valence-electron chi connectivity index (χ0n) is 11.8. The van der Waals surface area contributed by atoms with Crippen LogP contribution < -0.4 is 0 Å². The van der Waals surface area contributed by atoms with Gasteiger partial charge in [0.15, 0.2) is 0 Å². The van der Waals surface area contributed by atoms with E-state index in [1.807, 2.05) is 0 Å². The number of rotatable bonds is 2. The normalized spacial score (nSPS) is 49.1. The van der Waals surface area contributed by atoms with Crippen LogP contribution in [0.3, 0.4) is 0 Å². The number of hydrogen-bond acceptors (Lipinski definition) is 4. The molecule has 4 saturated carbocycles. The average molecular weight is 317 g/mol. The van der Waals surface area contributed by atoms with Crippen LogP contribution in [-0.2, 0) is 15.0 Å². The first kappa shape index (κ1) is 13.9. The summed E-state index contributed by atoms with van der Waals surface area (Å²) in [6, 6.07) is 0. The molecule has 1 aliphatic heterocycles. The van der Waals surface area contributed by atoms with Crippen LogP contribution in [-0.4, -0.2) is 47.3 Å². The van der Waals surface area contributed by atoms with Crippen molar-refractivity contribution in [2.45, 2.75) is 61.3 Å². The SMILES string of the molecule is O=C1CC(S(=O)(=O)F)CN1C12CC3CC(CC(O)(C3)C1)C2. The Morgan fingerprint density at radius 2 is 1.81 bits per heavy atom. The molecule has 5 fully saturated rings. The predicted molar refractivity (Wildman–Crippen MR) is 72.5 cm³/mol. The molecule has 5 nitrogen and oxygen atoms in total. The summed E-state index contributed by atoms with van der Waals surface area (Å²) in [5, 5.41) is 9.48. The van der Waals surface area contributed by atoms with E-state index in [1.165, 1.54) is 0 Å². The third-order valence-corrected chi connectivity index (χ3v) is 7.17. The van der Waals surface area contributed by atoms with Crippen molar-refractivity contribution in [2.75, 3.05) is 6.54 Å². The van der Waals surface area contributed by atoms with E-state index in [0.29, 0.717) is 18.3 Å². The van der Waals surface area contributed by atoms with Crippen LogP contribution in [0.4, 0.5) is 3.89 Å². The Balaban J connectivity index is 1.66. The summed E-state index contributed by atoms with van der Waals surface area (Å²) in [7, 11) is -4.68. The number of likely N-dealkylation sites (tertiary alicyclic amines) is 1. The lowest BCUT2D eigenvalue weighted by Gasteiger charge is -2.62. The van der Waals surface area contributed by atoms with Gasteiger partial charge < -0.3 is 10.0 Å². The van der Waals surface area contributed by atoms with E-state index < -0.39 is 26.6 Å². The second-order valence-corrected chi connectivity index (χ2v) is 9.33. The number of nitrogens with zero attached hydrogens (tertiary/aromatic N) is 1. The van der Waals surface area contributed by atoms with Gasteiger partial charge in [0.25, 0.3) is 0 Å². The number of aliphatic hydroxyl groups is 1. The second-order valence-electron chi connectivity index (χ2n) is 7.72. The fraction of sp³-hybridized carbons (Fsp3) is 0.929. The molecule has 0 radical (unpaired) electrons. The van der Waals surface area contributed by atoms with Crippen molar-refractivity contribution in [3.63, 3.8) is 0 Å². The quantitative estimate of drug-likeness (QED) is 0.770. The average Bonchev–Trinajstić information content (AvgIpc) is 2.68. The first-order valence-electron chi connectivity index (χ1n) is 7.66. The molecule has 4 bridgehead atoms. The summed E-state index contributed by atoms with van der Waals surface area (Å²) in [5.74, 6) is 0.543. The van der Waals surface area contributed by atoms with E-state index in [9.17, 15) is 22.2 Å². The largest absolute Gasteiger partial charge is 0.390 e. The summed E-state index contributed by atoms with van der Waals surface area (Å²) in [5.41, 5.74) is -1.15. The lowest BCUT2D eigenvalue weighted by Crippen LogP contribution is -2.65. The highest BCUT2D eigenvalue weighted by atomic mass is 32.3. The number of carbonyl (C=O) groups excluding carboxylic acids is 1. The number of amides is 1. The minimum Gasteiger partial charge on any atom is -0.390 e.